The molecule has 0 atom stereocenters. The molecule has 23 heavy (non-hydrogen) atoms. The lowest BCUT2D eigenvalue weighted by Gasteiger charge is -2.07. The van der Waals surface area contributed by atoms with Gasteiger partial charge in [0.2, 0.25) is 0 Å². The zero-order valence-electron chi connectivity index (χ0n) is 12.2. The molecule has 3 aromatic rings. The Morgan fingerprint density at radius 1 is 0.913 bits per heavy atom. The Kier molecular flexibility index (Phi) is 3.93. The van der Waals surface area contributed by atoms with Gasteiger partial charge in [0.25, 0.3) is 0 Å². The van der Waals surface area contributed by atoms with Crippen LogP contribution in [0.5, 0.6) is 11.5 Å². The first-order chi connectivity index (χ1) is 11.1. The average molecular weight is 314 g/mol. The molecule has 0 spiro atoms. The summed E-state index contributed by atoms with van der Waals surface area (Å²) in [6.07, 6.45) is 0. The summed E-state index contributed by atoms with van der Waals surface area (Å²) >= 11 is 0. The number of carbonyl (C=O) groups excluding carboxylic acids is 1. The number of halogens is 2. The number of rotatable bonds is 3. The van der Waals surface area contributed by atoms with Crippen LogP contribution in [0.1, 0.15) is 10.4 Å². The highest BCUT2D eigenvalue weighted by Crippen LogP contribution is 2.25. The van der Waals surface area contributed by atoms with Gasteiger partial charge >= 0.3 is 5.97 Å². The van der Waals surface area contributed by atoms with Gasteiger partial charge in [0.15, 0.2) is 11.6 Å². The van der Waals surface area contributed by atoms with Crippen molar-refractivity contribution < 1.29 is 23.0 Å². The predicted octanol–water partition coefficient (Wildman–Crippen LogP) is 4.35. The second-order valence-corrected chi connectivity index (χ2v) is 4.86. The standard InChI is InChI=1S/C18H12F2O3/c1-22-13-5-2-11(3-6-13)18(21)23-14-7-8-15-12(10-14)4-9-16(19)17(15)20/h2-10H,1H3. The highest BCUT2D eigenvalue weighted by Gasteiger charge is 2.11. The first-order valence-electron chi connectivity index (χ1n) is 6.82. The molecule has 0 N–H and O–H groups in total. The van der Waals surface area contributed by atoms with E-state index in [9.17, 15) is 13.6 Å². The molecule has 0 fully saturated rings. The minimum atomic E-state index is -0.921. The molecule has 0 saturated carbocycles. The minimum absolute atomic E-state index is 0.134. The molecule has 0 bridgehead atoms. The number of methoxy groups -OCH3 is 1. The maximum Gasteiger partial charge on any atom is 0.343 e. The lowest BCUT2D eigenvalue weighted by Crippen LogP contribution is -2.08. The highest BCUT2D eigenvalue weighted by molar-refractivity contribution is 5.92. The van der Waals surface area contributed by atoms with Crippen molar-refractivity contribution >= 4 is 16.7 Å². The van der Waals surface area contributed by atoms with E-state index in [2.05, 4.69) is 0 Å². The maximum atomic E-state index is 13.6. The SMILES string of the molecule is COc1ccc(C(=O)Oc2ccc3c(F)c(F)ccc3c2)cc1. The third kappa shape index (κ3) is 2.99. The van der Waals surface area contributed by atoms with Gasteiger partial charge in [-0.1, -0.05) is 6.07 Å². The normalized spacial score (nSPS) is 10.6. The molecule has 0 heterocycles. The lowest BCUT2D eigenvalue weighted by atomic mass is 10.1. The molecule has 0 radical (unpaired) electrons. The van der Waals surface area contributed by atoms with Crippen molar-refractivity contribution in [2.75, 3.05) is 7.11 Å². The summed E-state index contributed by atoms with van der Waals surface area (Å²) in [5.74, 6) is -1.50. The van der Waals surface area contributed by atoms with Crippen LogP contribution in [0, 0.1) is 11.6 Å². The molecule has 0 amide bonds. The molecule has 3 rings (SSSR count). The fraction of sp³-hybridized carbons (Fsp3) is 0.0556. The molecular weight excluding hydrogens is 302 g/mol. The Morgan fingerprint density at radius 3 is 2.30 bits per heavy atom. The van der Waals surface area contributed by atoms with Crippen molar-refractivity contribution in [3.63, 3.8) is 0 Å². The topological polar surface area (TPSA) is 35.5 Å². The van der Waals surface area contributed by atoms with Gasteiger partial charge in [-0.25, -0.2) is 13.6 Å². The summed E-state index contributed by atoms with van der Waals surface area (Å²) in [7, 11) is 1.53. The third-order valence-corrected chi connectivity index (χ3v) is 3.41. The molecule has 0 aliphatic carbocycles. The van der Waals surface area contributed by atoms with E-state index >= 15 is 0 Å². The fourth-order valence-electron chi connectivity index (χ4n) is 2.20. The Balaban J connectivity index is 1.85. The summed E-state index contributed by atoms with van der Waals surface area (Å²) in [6.45, 7) is 0. The van der Waals surface area contributed by atoms with E-state index in [-0.39, 0.29) is 11.1 Å². The Hall–Kier alpha value is -2.95. The Bertz CT molecular complexity index is 873. The highest BCUT2D eigenvalue weighted by atomic mass is 19.2. The Labute approximate surface area is 131 Å². The molecule has 0 aliphatic heterocycles. The summed E-state index contributed by atoms with van der Waals surface area (Å²) in [4.78, 5) is 12.1. The van der Waals surface area contributed by atoms with E-state index in [1.807, 2.05) is 0 Å². The smallest absolute Gasteiger partial charge is 0.343 e. The molecule has 0 aliphatic rings. The van der Waals surface area contributed by atoms with Crippen molar-refractivity contribution in [2.24, 2.45) is 0 Å². The van der Waals surface area contributed by atoms with Gasteiger partial charge < -0.3 is 9.47 Å². The summed E-state index contributed by atoms with van der Waals surface area (Å²) in [5, 5.41) is 0.582. The molecule has 3 aromatic carbocycles. The van der Waals surface area contributed by atoms with Crippen LogP contribution in [0.25, 0.3) is 10.8 Å². The van der Waals surface area contributed by atoms with Gasteiger partial charge in [-0.15, -0.1) is 0 Å². The fourth-order valence-corrected chi connectivity index (χ4v) is 2.20. The van der Waals surface area contributed by atoms with E-state index in [1.54, 1.807) is 24.3 Å². The van der Waals surface area contributed by atoms with E-state index < -0.39 is 17.6 Å². The number of esters is 1. The summed E-state index contributed by atoms with van der Waals surface area (Å²) in [6, 6.07) is 13.2. The van der Waals surface area contributed by atoms with Gasteiger partial charge in [0.1, 0.15) is 11.5 Å². The van der Waals surface area contributed by atoms with Crippen molar-refractivity contribution in [1.82, 2.24) is 0 Å². The number of ether oxygens (including phenoxy) is 2. The summed E-state index contributed by atoms with van der Waals surface area (Å²) in [5.41, 5.74) is 0.358. The van der Waals surface area contributed by atoms with Crippen molar-refractivity contribution in [1.29, 1.82) is 0 Å². The van der Waals surface area contributed by atoms with Crippen LogP contribution >= 0.6 is 0 Å². The summed E-state index contributed by atoms with van der Waals surface area (Å²) < 4.78 is 37.1. The third-order valence-electron chi connectivity index (χ3n) is 3.41. The zero-order valence-corrected chi connectivity index (χ0v) is 12.2. The number of benzene rings is 3. The number of hydrogen-bond donors (Lipinski definition) is 0. The molecule has 5 heteroatoms. The van der Waals surface area contributed by atoms with Crippen LogP contribution < -0.4 is 9.47 Å². The average Bonchev–Trinajstić information content (AvgIpc) is 2.58. The molecule has 0 aromatic heterocycles. The molecule has 3 nitrogen and oxygen atoms in total. The molecule has 0 unspecified atom stereocenters. The van der Waals surface area contributed by atoms with Crippen molar-refractivity contribution in [3.05, 3.63) is 71.8 Å². The van der Waals surface area contributed by atoms with Crippen LogP contribution in [0.3, 0.4) is 0 Å². The number of hydrogen-bond acceptors (Lipinski definition) is 3. The lowest BCUT2D eigenvalue weighted by molar-refractivity contribution is 0.0735. The van der Waals surface area contributed by atoms with E-state index in [0.717, 1.165) is 6.07 Å². The van der Waals surface area contributed by atoms with Crippen LogP contribution in [-0.2, 0) is 0 Å². The van der Waals surface area contributed by atoms with E-state index in [1.165, 1.54) is 31.4 Å². The molecule has 116 valence electrons. The predicted molar refractivity (Wildman–Crippen MR) is 81.8 cm³/mol. The Morgan fingerprint density at radius 2 is 1.61 bits per heavy atom. The van der Waals surface area contributed by atoms with Crippen molar-refractivity contribution in [2.45, 2.75) is 0 Å². The molecular formula is C18H12F2O3. The minimum Gasteiger partial charge on any atom is -0.497 e. The van der Waals surface area contributed by atoms with Gasteiger partial charge in [-0.2, -0.15) is 0 Å². The first-order valence-corrected chi connectivity index (χ1v) is 6.82. The quantitative estimate of drug-likeness (QED) is 0.533. The monoisotopic (exact) mass is 314 g/mol. The van der Waals surface area contributed by atoms with Gasteiger partial charge in [-0.3, -0.25) is 0 Å². The van der Waals surface area contributed by atoms with Gasteiger partial charge in [-0.05, 0) is 53.9 Å². The van der Waals surface area contributed by atoms with Crippen LogP contribution in [0.15, 0.2) is 54.6 Å². The maximum absolute atomic E-state index is 13.6. The second-order valence-electron chi connectivity index (χ2n) is 4.86. The second kappa shape index (κ2) is 6.04. The zero-order chi connectivity index (χ0) is 16.4. The first kappa shape index (κ1) is 15.0. The van der Waals surface area contributed by atoms with E-state index in [0.29, 0.717) is 16.7 Å². The number of carbonyl (C=O) groups is 1. The van der Waals surface area contributed by atoms with Crippen molar-refractivity contribution in [3.8, 4) is 11.5 Å². The van der Waals surface area contributed by atoms with Gasteiger partial charge in [0.05, 0.1) is 12.7 Å². The van der Waals surface area contributed by atoms with Gasteiger partial charge in [0, 0.05) is 5.39 Å². The van der Waals surface area contributed by atoms with E-state index in [4.69, 9.17) is 9.47 Å². The van der Waals surface area contributed by atoms with Crippen LogP contribution in [-0.4, -0.2) is 13.1 Å². The largest absolute Gasteiger partial charge is 0.497 e. The molecule has 0 saturated heterocycles. The van der Waals surface area contributed by atoms with Crippen LogP contribution in [0.4, 0.5) is 8.78 Å². The number of fused-ring (bicyclic) bond motifs is 1. The van der Waals surface area contributed by atoms with Crippen LogP contribution in [0.2, 0.25) is 0 Å².